The molecule has 0 saturated carbocycles. The van der Waals surface area contributed by atoms with E-state index in [-0.39, 0.29) is 23.6 Å². The van der Waals surface area contributed by atoms with Crippen LogP contribution in [0.15, 0.2) is 47.6 Å². The first kappa shape index (κ1) is 23.2. The first-order valence-electron chi connectivity index (χ1n) is 9.46. The van der Waals surface area contributed by atoms with Crippen molar-refractivity contribution in [2.75, 3.05) is 12.3 Å². The van der Waals surface area contributed by atoms with Crippen molar-refractivity contribution in [3.05, 3.63) is 75.3 Å². The topological polar surface area (TPSA) is 76.9 Å². The number of carbonyl (C=O) groups excluding carboxylic acids is 2. The van der Waals surface area contributed by atoms with Gasteiger partial charge in [0.2, 0.25) is 0 Å². The SMILES string of the molecule is CCn1c(CCNC(=O)c2ccccc2F)nnc1SCC(=O)c1ccc(Cl)cc1Cl. The lowest BCUT2D eigenvalue weighted by Gasteiger charge is -2.09. The summed E-state index contributed by atoms with van der Waals surface area (Å²) in [5.74, 6) is -0.392. The van der Waals surface area contributed by atoms with E-state index < -0.39 is 11.7 Å². The van der Waals surface area contributed by atoms with E-state index in [4.69, 9.17) is 23.2 Å². The van der Waals surface area contributed by atoms with E-state index in [1.165, 1.54) is 36.0 Å². The van der Waals surface area contributed by atoms with Gasteiger partial charge in [0, 0.05) is 30.1 Å². The van der Waals surface area contributed by atoms with Crippen molar-refractivity contribution in [2.45, 2.75) is 25.0 Å². The lowest BCUT2D eigenvalue weighted by molar-refractivity contribution is 0.0949. The normalized spacial score (nSPS) is 10.8. The fraction of sp³-hybridized carbons (Fsp3) is 0.238. The van der Waals surface area contributed by atoms with E-state index in [2.05, 4.69) is 15.5 Å². The maximum Gasteiger partial charge on any atom is 0.254 e. The highest BCUT2D eigenvalue weighted by Gasteiger charge is 2.16. The number of hydrogen-bond acceptors (Lipinski definition) is 5. The molecule has 0 atom stereocenters. The highest BCUT2D eigenvalue weighted by Crippen LogP contribution is 2.24. The van der Waals surface area contributed by atoms with Crippen LogP contribution in [-0.2, 0) is 13.0 Å². The third-order valence-electron chi connectivity index (χ3n) is 4.43. The Morgan fingerprint density at radius 1 is 1.13 bits per heavy atom. The summed E-state index contributed by atoms with van der Waals surface area (Å²) in [6.07, 6.45) is 0.415. The number of ketones is 1. The molecule has 162 valence electrons. The number of nitrogens with zero attached hydrogens (tertiary/aromatic N) is 3. The number of rotatable bonds is 9. The number of hydrogen-bond donors (Lipinski definition) is 1. The summed E-state index contributed by atoms with van der Waals surface area (Å²) >= 11 is 13.2. The number of benzene rings is 2. The number of amides is 1. The predicted molar refractivity (Wildman–Crippen MR) is 120 cm³/mol. The van der Waals surface area contributed by atoms with Crippen LogP contribution in [0.1, 0.15) is 33.5 Å². The molecule has 1 N–H and O–H groups in total. The molecule has 10 heteroatoms. The molecule has 0 fully saturated rings. The summed E-state index contributed by atoms with van der Waals surface area (Å²) in [5, 5.41) is 12.4. The van der Waals surface area contributed by atoms with Gasteiger partial charge in [0.25, 0.3) is 5.91 Å². The van der Waals surface area contributed by atoms with E-state index in [1.54, 1.807) is 18.2 Å². The van der Waals surface area contributed by atoms with E-state index in [0.717, 1.165) is 0 Å². The van der Waals surface area contributed by atoms with Crippen LogP contribution in [0.25, 0.3) is 0 Å². The molecule has 6 nitrogen and oxygen atoms in total. The van der Waals surface area contributed by atoms with Crippen LogP contribution in [0.2, 0.25) is 10.0 Å². The molecular formula is C21H19Cl2FN4O2S. The average molecular weight is 481 g/mol. The molecule has 3 rings (SSSR count). The second-order valence-electron chi connectivity index (χ2n) is 6.46. The van der Waals surface area contributed by atoms with Gasteiger partial charge < -0.3 is 9.88 Å². The third kappa shape index (κ3) is 5.84. The molecule has 0 bridgehead atoms. The van der Waals surface area contributed by atoms with Crippen molar-refractivity contribution in [3.8, 4) is 0 Å². The van der Waals surface area contributed by atoms with Crippen LogP contribution < -0.4 is 5.32 Å². The lowest BCUT2D eigenvalue weighted by Crippen LogP contribution is -2.27. The van der Waals surface area contributed by atoms with Crippen molar-refractivity contribution in [2.24, 2.45) is 0 Å². The largest absolute Gasteiger partial charge is 0.351 e. The van der Waals surface area contributed by atoms with Crippen LogP contribution in [0.5, 0.6) is 0 Å². The first-order chi connectivity index (χ1) is 14.9. The molecule has 1 amide bonds. The zero-order chi connectivity index (χ0) is 22.4. The first-order valence-corrected chi connectivity index (χ1v) is 11.2. The molecular weight excluding hydrogens is 462 g/mol. The van der Waals surface area contributed by atoms with Gasteiger partial charge in [-0.05, 0) is 37.3 Å². The lowest BCUT2D eigenvalue weighted by atomic mass is 10.1. The number of aromatic nitrogens is 3. The molecule has 0 aliphatic heterocycles. The number of nitrogens with one attached hydrogen (secondary N) is 1. The van der Waals surface area contributed by atoms with E-state index >= 15 is 0 Å². The highest BCUT2D eigenvalue weighted by molar-refractivity contribution is 7.99. The van der Waals surface area contributed by atoms with Gasteiger partial charge in [-0.25, -0.2) is 4.39 Å². The molecule has 0 aliphatic carbocycles. The van der Waals surface area contributed by atoms with Gasteiger partial charge in [-0.15, -0.1) is 10.2 Å². The number of halogens is 3. The van der Waals surface area contributed by atoms with Gasteiger partial charge in [-0.2, -0.15) is 0 Å². The Morgan fingerprint density at radius 2 is 1.90 bits per heavy atom. The Bertz CT molecular complexity index is 1110. The fourth-order valence-electron chi connectivity index (χ4n) is 2.88. The summed E-state index contributed by atoms with van der Waals surface area (Å²) in [6.45, 7) is 2.81. The van der Waals surface area contributed by atoms with Crippen LogP contribution in [0.4, 0.5) is 4.39 Å². The monoisotopic (exact) mass is 480 g/mol. The zero-order valence-electron chi connectivity index (χ0n) is 16.6. The number of carbonyl (C=O) groups is 2. The molecule has 0 saturated heterocycles. The summed E-state index contributed by atoms with van der Waals surface area (Å²) in [4.78, 5) is 24.6. The van der Waals surface area contributed by atoms with Gasteiger partial charge in [-0.3, -0.25) is 9.59 Å². The second kappa shape index (κ2) is 10.7. The van der Waals surface area contributed by atoms with Crippen molar-refractivity contribution >= 4 is 46.7 Å². The highest BCUT2D eigenvalue weighted by atomic mass is 35.5. The molecule has 31 heavy (non-hydrogen) atoms. The molecule has 0 aliphatic rings. The molecule has 0 radical (unpaired) electrons. The maximum absolute atomic E-state index is 13.7. The molecule has 0 unspecified atom stereocenters. The average Bonchev–Trinajstić information content (AvgIpc) is 3.14. The zero-order valence-corrected chi connectivity index (χ0v) is 18.9. The maximum atomic E-state index is 13.7. The molecule has 2 aromatic carbocycles. The Morgan fingerprint density at radius 3 is 2.61 bits per heavy atom. The van der Waals surface area contributed by atoms with E-state index in [0.29, 0.717) is 39.6 Å². The van der Waals surface area contributed by atoms with Crippen molar-refractivity contribution in [1.29, 1.82) is 0 Å². The van der Waals surface area contributed by atoms with Gasteiger partial charge >= 0.3 is 0 Å². The summed E-state index contributed by atoms with van der Waals surface area (Å²) in [5.41, 5.74) is 0.396. The summed E-state index contributed by atoms with van der Waals surface area (Å²) < 4.78 is 15.6. The Balaban J connectivity index is 1.58. The van der Waals surface area contributed by atoms with Crippen LogP contribution in [0.3, 0.4) is 0 Å². The van der Waals surface area contributed by atoms with Gasteiger partial charge in [-0.1, -0.05) is 47.1 Å². The van der Waals surface area contributed by atoms with Crippen molar-refractivity contribution < 1.29 is 14.0 Å². The van der Waals surface area contributed by atoms with Crippen LogP contribution in [0, 0.1) is 5.82 Å². The number of Topliss-reactive ketones (excluding diaryl/α,β-unsaturated/α-hetero) is 1. The Kier molecular flexibility index (Phi) is 8.06. The Hall–Kier alpha value is -2.42. The fourth-order valence-corrected chi connectivity index (χ4v) is 4.30. The van der Waals surface area contributed by atoms with Crippen molar-refractivity contribution in [1.82, 2.24) is 20.1 Å². The third-order valence-corrected chi connectivity index (χ3v) is 5.94. The van der Waals surface area contributed by atoms with Gasteiger partial charge in [0.15, 0.2) is 10.9 Å². The molecule has 1 heterocycles. The second-order valence-corrected chi connectivity index (χ2v) is 8.25. The van der Waals surface area contributed by atoms with Crippen molar-refractivity contribution in [3.63, 3.8) is 0 Å². The smallest absolute Gasteiger partial charge is 0.254 e. The number of thioether (sulfide) groups is 1. The Labute approximate surface area is 193 Å². The summed E-state index contributed by atoms with van der Waals surface area (Å²) in [7, 11) is 0. The van der Waals surface area contributed by atoms with Gasteiger partial charge in [0.05, 0.1) is 16.3 Å². The molecule has 1 aromatic heterocycles. The minimum atomic E-state index is -0.569. The summed E-state index contributed by atoms with van der Waals surface area (Å²) in [6, 6.07) is 10.6. The molecule has 3 aromatic rings. The van der Waals surface area contributed by atoms with Gasteiger partial charge in [0.1, 0.15) is 11.6 Å². The van der Waals surface area contributed by atoms with E-state index in [9.17, 15) is 14.0 Å². The van der Waals surface area contributed by atoms with Crippen LogP contribution in [-0.4, -0.2) is 38.8 Å². The predicted octanol–water partition coefficient (Wildman–Crippen LogP) is 4.69. The van der Waals surface area contributed by atoms with E-state index in [1.807, 2.05) is 11.5 Å². The minimum absolute atomic E-state index is 0.00456. The minimum Gasteiger partial charge on any atom is -0.351 e. The van der Waals surface area contributed by atoms with Crippen LogP contribution >= 0.6 is 35.0 Å². The molecule has 0 spiro atoms. The quantitative estimate of drug-likeness (QED) is 0.355. The standard InChI is InChI=1S/C21H19Cl2FN4O2S/c1-2-28-19(9-10-25-20(30)15-5-3-4-6-17(15)24)26-27-21(28)31-12-18(29)14-8-7-13(22)11-16(14)23/h3-8,11H,2,9-10,12H2,1H3,(H,25,30).